The first-order valence-corrected chi connectivity index (χ1v) is 2.58. The van der Waals surface area contributed by atoms with Crippen molar-refractivity contribution in [1.82, 2.24) is 10.6 Å². The van der Waals surface area contributed by atoms with Gasteiger partial charge in [0.1, 0.15) is 0 Å². The van der Waals surface area contributed by atoms with Gasteiger partial charge in [-0.25, -0.2) is 5.01 Å². The lowest BCUT2D eigenvalue weighted by Gasteiger charge is -2.08. The Bertz CT molecular complexity index is 51.7. The van der Waals surface area contributed by atoms with E-state index in [-0.39, 0.29) is 0 Å². The van der Waals surface area contributed by atoms with E-state index in [1.807, 2.05) is 0 Å². The molecule has 0 amide bonds. The van der Waals surface area contributed by atoms with Crippen LogP contribution in [0.25, 0.3) is 0 Å². The zero-order chi connectivity index (χ0) is 5.11. The van der Waals surface area contributed by atoms with Gasteiger partial charge < -0.3 is 5.21 Å². The van der Waals surface area contributed by atoms with E-state index in [2.05, 4.69) is 5.59 Å². The van der Waals surface area contributed by atoms with Crippen molar-refractivity contribution in [1.29, 1.82) is 0 Å². The third kappa shape index (κ3) is 1.12. The summed E-state index contributed by atoms with van der Waals surface area (Å²) in [4.78, 5) is 0. The van der Waals surface area contributed by atoms with Crippen LogP contribution in [-0.4, -0.2) is 23.3 Å². The topological polar surface area (TPSA) is 35.5 Å². The lowest BCUT2D eigenvalue weighted by atomic mass is 10.4. The molecule has 7 heavy (non-hydrogen) atoms. The molecule has 1 heterocycles. The molecule has 1 rings (SSSR count). The first-order chi connectivity index (χ1) is 3.43. The standard InChI is InChI=1S/C4H10N2O/c7-5-6-3-1-2-4-6/h5,7H,1-4H2. The molecule has 1 saturated heterocycles. The Kier molecular flexibility index (Phi) is 1.62. The number of hydrogen-bond acceptors (Lipinski definition) is 3. The Morgan fingerprint density at radius 3 is 2.14 bits per heavy atom. The van der Waals surface area contributed by atoms with Crippen LogP contribution in [0.5, 0.6) is 0 Å². The lowest BCUT2D eigenvalue weighted by molar-refractivity contribution is -0.00281. The molecule has 0 spiro atoms. The van der Waals surface area contributed by atoms with E-state index in [1.54, 1.807) is 5.01 Å². The number of nitrogens with zero attached hydrogens (tertiary/aromatic N) is 1. The maximum atomic E-state index is 8.24. The lowest BCUT2D eigenvalue weighted by Crippen LogP contribution is -2.31. The summed E-state index contributed by atoms with van der Waals surface area (Å²) < 4.78 is 0. The van der Waals surface area contributed by atoms with Crippen LogP contribution >= 0.6 is 0 Å². The smallest absolute Gasteiger partial charge is 0.0153 e. The summed E-state index contributed by atoms with van der Waals surface area (Å²) in [6.45, 7) is 1.97. The normalized spacial score (nSPS) is 23.6. The molecule has 1 fully saturated rings. The van der Waals surface area contributed by atoms with Crippen LogP contribution in [0.3, 0.4) is 0 Å². The van der Waals surface area contributed by atoms with Crippen LogP contribution in [0.15, 0.2) is 0 Å². The Morgan fingerprint density at radius 1 is 1.29 bits per heavy atom. The first-order valence-electron chi connectivity index (χ1n) is 2.58. The quantitative estimate of drug-likeness (QED) is 0.456. The van der Waals surface area contributed by atoms with E-state index < -0.39 is 0 Å². The van der Waals surface area contributed by atoms with Gasteiger partial charge in [-0.1, -0.05) is 0 Å². The molecule has 0 saturated carbocycles. The molecule has 0 atom stereocenters. The van der Waals surface area contributed by atoms with Crippen LogP contribution in [0.4, 0.5) is 0 Å². The van der Waals surface area contributed by atoms with Crippen LogP contribution in [0.2, 0.25) is 0 Å². The Morgan fingerprint density at radius 2 is 1.86 bits per heavy atom. The van der Waals surface area contributed by atoms with Gasteiger partial charge in [-0.05, 0) is 12.8 Å². The molecule has 3 nitrogen and oxygen atoms in total. The van der Waals surface area contributed by atoms with Crippen molar-refractivity contribution in [2.24, 2.45) is 0 Å². The molecule has 0 aliphatic carbocycles. The molecule has 0 unspecified atom stereocenters. The summed E-state index contributed by atoms with van der Waals surface area (Å²) in [7, 11) is 0. The van der Waals surface area contributed by atoms with Crippen molar-refractivity contribution in [2.75, 3.05) is 13.1 Å². The zero-order valence-corrected chi connectivity index (χ0v) is 4.22. The molecular formula is C4H10N2O. The monoisotopic (exact) mass is 102 g/mol. The minimum Gasteiger partial charge on any atom is -0.302 e. The number of nitrogens with one attached hydrogen (secondary N) is 1. The van der Waals surface area contributed by atoms with Crippen molar-refractivity contribution < 1.29 is 5.21 Å². The summed E-state index contributed by atoms with van der Waals surface area (Å²) in [6, 6.07) is 0. The fourth-order valence-electron chi connectivity index (χ4n) is 0.817. The maximum absolute atomic E-state index is 8.24. The first kappa shape index (κ1) is 5.03. The molecule has 0 aromatic carbocycles. The highest BCUT2D eigenvalue weighted by Gasteiger charge is 2.07. The van der Waals surface area contributed by atoms with Gasteiger partial charge in [0, 0.05) is 13.1 Å². The summed E-state index contributed by atoms with van der Waals surface area (Å²) >= 11 is 0. The molecule has 0 aromatic rings. The largest absolute Gasteiger partial charge is 0.302 e. The van der Waals surface area contributed by atoms with Gasteiger partial charge in [0.05, 0.1) is 0 Å². The summed E-state index contributed by atoms with van der Waals surface area (Å²) in [5, 5.41) is 10.0. The van der Waals surface area contributed by atoms with Crippen molar-refractivity contribution in [2.45, 2.75) is 12.8 Å². The van der Waals surface area contributed by atoms with Crippen molar-refractivity contribution in [3.05, 3.63) is 0 Å². The molecule has 3 heteroatoms. The van der Waals surface area contributed by atoms with Gasteiger partial charge >= 0.3 is 0 Å². The van der Waals surface area contributed by atoms with Gasteiger partial charge in [0.25, 0.3) is 0 Å². The molecule has 1 aliphatic rings. The molecule has 0 aromatic heterocycles. The van der Waals surface area contributed by atoms with Gasteiger partial charge in [-0.2, -0.15) is 0 Å². The minimum atomic E-state index is 0.983. The highest BCUT2D eigenvalue weighted by atomic mass is 16.5. The molecule has 1 aliphatic heterocycles. The fourth-order valence-corrected chi connectivity index (χ4v) is 0.817. The van der Waals surface area contributed by atoms with Crippen molar-refractivity contribution in [3.63, 3.8) is 0 Å². The summed E-state index contributed by atoms with van der Waals surface area (Å²) in [5.41, 5.74) is 2.10. The average Bonchev–Trinajstić information content (AvgIpc) is 2.14. The zero-order valence-electron chi connectivity index (χ0n) is 4.22. The van der Waals surface area contributed by atoms with Crippen LogP contribution in [0, 0.1) is 0 Å². The summed E-state index contributed by atoms with van der Waals surface area (Å²) in [6.07, 6.45) is 2.40. The van der Waals surface area contributed by atoms with Crippen LogP contribution in [0.1, 0.15) is 12.8 Å². The average molecular weight is 102 g/mol. The minimum absolute atomic E-state index is 0.983. The Balaban J connectivity index is 2.14. The predicted octanol–water partition coefficient (Wildman–Crippen LogP) is -0.0240. The van der Waals surface area contributed by atoms with Gasteiger partial charge in [0.15, 0.2) is 0 Å². The second kappa shape index (κ2) is 2.26. The van der Waals surface area contributed by atoms with E-state index in [4.69, 9.17) is 5.21 Å². The van der Waals surface area contributed by atoms with E-state index in [9.17, 15) is 0 Å². The second-order valence-electron chi connectivity index (χ2n) is 1.79. The number of hydrazine groups is 1. The van der Waals surface area contributed by atoms with E-state index in [0.29, 0.717) is 0 Å². The maximum Gasteiger partial charge on any atom is 0.0153 e. The Hall–Kier alpha value is -0.120. The van der Waals surface area contributed by atoms with E-state index in [1.165, 1.54) is 12.8 Å². The highest BCUT2D eigenvalue weighted by Crippen LogP contribution is 2.01. The highest BCUT2D eigenvalue weighted by molar-refractivity contribution is 4.57. The molecule has 0 bridgehead atoms. The van der Waals surface area contributed by atoms with Gasteiger partial charge in [-0.15, -0.1) is 5.59 Å². The molecule has 0 radical (unpaired) electrons. The number of rotatable bonds is 1. The molecule has 2 N–H and O–H groups in total. The van der Waals surface area contributed by atoms with Crippen molar-refractivity contribution in [3.8, 4) is 0 Å². The fraction of sp³-hybridized carbons (Fsp3) is 1.00. The van der Waals surface area contributed by atoms with E-state index >= 15 is 0 Å². The van der Waals surface area contributed by atoms with Gasteiger partial charge in [0.2, 0.25) is 0 Å². The van der Waals surface area contributed by atoms with E-state index in [0.717, 1.165) is 13.1 Å². The number of hydrogen-bond donors (Lipinski definition) is 2. The molecular weight excluding hydrogens is 92.1 g/mol. The third-order valence-corrected chi connectivity index (χ3v) is 1.25. The second-order valence-corrected chi connectivity index (χ2v) is 1.79. The Labute approximate surface area is 42.9 Å². The molecule has 42 valence electrons. The van der Waals surface area contributed by atoms with Crippen LogP contribution < -0.4 is 5.59 Å². The van der Waals surface area contributed by atoms with Crippen LogP contribution in [-0.2, 0) is 0 Å². The SMILES string of the molecule is ONN1CCCC1. The van der Waals surface area contributed by atoms with Gasteiger partial charge in [-0.3, -0.25) is 0 Å². The third-order valence-electron chi connectivity index (χ3n) is 1.25. The summed E-state index contributed by atoms with van der Waals surface area (Å²) in [5.74, 6) is 0. The van der Waals surface area contributed by atoms with Crippen molar-refractivity contribution >= 4 is 0 Å². The predicted molar refractivity (Wildman–Crippen MR) is 25.7 cm³/mol.